The lowest BCUT2D eigenvalue weighted by molar-refractivity contribution is 0.164. The molecular weight excluding hydrogens is 118 g/mol. The molecule has 0 amide bonds. The number of hydrogen-bond donors (Lipinski definition) is 3. The Morgan fingerprint density at radius 1 is 1.33 bits per heavy atom. The summed E-state index contributed by atoms with van der Waals surface area (Å²) >= 11 is 0. The highest BCUT2D eigenvalue weighted by Crippen LogP contribution is 1.97. The SMILES string of the molecule is NC[C@H](O)CCCCO. The molecule has 0 aromatic carbocycles. The molecule has 0 aromatic rings. The molecule has 0 aliphatic carbocycles. The molecule has 4 N–H and O–H groups in total. The molecule has 0 rings (SSSR count). The highest BCUT2D eigenvalue weighted by Gasteiger charge is 1.98. The lowest BCUT2D eigenvalue weighted by Crippen LogP contribution is -2.19. The van der Waals surface area contributed by atoms with Gasteiger partial charge in [-0.05, 0) is 19.3 Å². The average Bonchev–Trinajstić information content (AvgIpc) is 1.89. The number of hydrogen-bond acceptors (Lipinski definition) is 3. The molecule has 0 radical (unpaired) electrons. The van der Waals surface area contributed by atoms with Crippen molar-refractivity contribution in [3.05, 3.63) is 0 Å². The minimum absolute atomic E-state index is 0.206. The Labute approximate surface area is 55.5 Å². The smallest absolute Gasteiger partial charge is 0.0662 e. The summed E-state index contributed by atoms with van der Waals surface area (Å²) in [6.07, 6.45) is 1.94. The van der Waals surface area contributed by atoms with Gasteiger partial charge in [0, 0.05) is 13.2 Å². The first-order valence-corrected chi connectivity index (χ1v) is 3.30. The molecule has 0 spiro atoms. The van der Waals surface area contributed by atoms with E-state index in [0.717, 1.165) is 12.8 Å². The van der Waals surface area contributed by atoms with Crippen LogP contribution in [0.3, 0.4) is 0 Å². The molecule has 0 fully saturated rings. The van der Waals surface area contributed by atoms with Gasteiger partial charge >= 0.3 is 0 Å². The third kappa shape index (κ3) is 5.76. The Balaban J connectivity index is 2.88. The lowest BCUT2D eigenvalue weighted by Gasteiger charge is -2.04. The number of aliphatic hydroxyl groups is 2. The van der Waals surface area contributed by atoms with Crippen molar-refractivity contribution in [3.8, 4) is 0 Å². The highest BCUT2D eigenvalue weighted by atomic mass is 16.3. The number of aliphatic hydroxyl groups excluding tert-OH is 2. The van der Waals surface area contributed by atoms with E-state index in [0.29, 0.717) is 13.0 Å². The van der Waals surface area contributed by atoms with Gasteiger partial charge < -0.3 is 15.9 Å². The van der Waals surface area contributed by atoms with Gasteiger partial charge in [-0.3, -0.25) is 0 Å². The number of unbranched alkanes of at least 4 members (excludes halogenated alkanes) is 1. The number of nitrogens with two attached hydrogens (primary N) is 1. The van der Waals surface area contributed by atoms with Crippen molar-refractivity contribution in [2.24, 2.45) is 5.73 Å². The van der Waals surface area contributed by atoms with Crippen LogP contribution in [0.5, 0.6) is 0 Å². The minimum Gasteiger partial charge on any atom is -0.396 e. The van der Waals surface area contributed by atoms with Gasteiger partial charge in [0.1, 0.15) is 0 Å². The number of rotatable bonds is 5. The summed E-state index contributed by atoms with van der Waals surface area (Å²) in [6.45, 7) is 0.530. The average molecular weight is 133 g/mol. The second-order valence-corrected chi connectivity index (χ2v) is 2.11. The molecule has 0 aliphatic heterocycles. The van der Waals surface area contributed by atoms with Crippen molar-refractivity contribution in [1.82, 2.24) is 0 Å². The van der Waals surface area contributed by atoms with Crippen molar-refractivity contribution in [3.63, 3.8) is 0 Å². The minimum atomic E-state index is -0.378. The molecule has 0 bridgehead atoms. The van der Waals surface area contributed by atoms with Crippen LogP contribution in [0, 0.1) is 0 Å². The zero-order chi connectivity index (χ0) is 7.11. The van der Waals surface area contributed by atoms with E-state index in [-0.39, 0.29) is 12.7 Å². The molecular formula is C6H15NO2. The van der Waals surface area contributed by atoms with Gasteiger partial charge in [0.25, 0.3) is 0 Å². The Morgan fingerprint density at radius 2 is 2.00 bits per heavy atom. The molecule has 0 unspecified atom stereocenters. The monoisotopic (exact) mass is 133 g/mol. The molecule has 3 heteroatoms. The predicted octanol–water partition coefficient (Wildman–Crippen LogP) is -0.531. The van der Waals surface area contributed by atoms with Crippen LogP contribution in [0.25, 0.3) is 0 Å². The van der Waals surface area contributed by atoms with E-state index in [1.807, 2.05) is 0 Å². The summed E-state index contributed by atoms with van der Waals surface area (Å²) in [7, 11) is 0. The van der Waals surface area contributed by atoms with Crippen molar-refractivity contribution >= 4 is 0 Å². The summed E-state index contributed by atoms with van der Waals surface area (Å²) in [4.78, 5) is 0. The molecule has 56 valence electrons. The molecule has 0 aliphatic rings. The summed E-state index contributed by atoms with van der Waals surface area (Å²) in [5, 5.41) is 17.2. The van der Waals surface area contributed by atoms with Crippen LogP contribution in [-0.2, 0) is 0 Å². The Hall–Kier alpha value is -0.120. The topological polar surface area (TPSA) is 66.5 Å². The van der Waals surface area contributed by atoms with E-state index < -0.39 is 0 Å². The van der Waals surface area contributed by atoms with Crippen molar-refractivity contribution in [1.29, 1.82) is 0 Å². The van der Waals surface area contributed by atoms with Crippen LogP contribution in [0.15, 0.2) is 0 Å². The third-order valence-corrected chi connectivity index (χ3v) is 1.22. The summed E-state index contributed by atoms with van der Waals surface area (Å²) in [5.74, 6) is 0. The summed E-state index contributed by atoms with van der Waals surface area (Å²) in [6, 6.07) is 0. The molecule has 0 aromatic heterocycles. The predicted molar refractivity (Wildman–Crippen MR) is 36.0 cm³/mol. The highest BCUT2D eigenvalue weighted by molar-refractivity contribution is 4.54. The lowest BCUT2D eigenvalue weighted by atomic mass is 10.1. The van der Waals surface area contributed by atoms with Crippen LogP contribution >= 0.6 is 0 Å². The van der Waals surface area contributed by atoms with Crippen LogP contribution in [-0.4, -0.2) is 29.5 Å². The van der Waals surface area contributed by atoms with Crippen LogP contribution in [0.2, 0.25) is 0 Å². The van der Waals surface area contributed by atoms with E-state index >= 15 is 0 Å². The maximum absolute atomic E-state index is 8.88. The van der Waals surface area contributed by atoms with Gasteiger partial charge in [-0.25, -0.2) is 0 Å². The first-order valence-electron chi connectivity index (χ1n) is 3.30. The van der Waals surface area contributed by atoms with Gasteiger partial charge in [0.05, 0.1) is 6.10 Å². The standard InChI is InChI=1S/C6H15NO2/c7-5-6(9)3-1-2-4-8/h6,8-9H,1-5,7H2/t6-/m1/s1. The second-order valence-electron chi connectivity index (χ2n) is 2.11. The van der Waals surface area contributed by atoms with Crippen molar-refractivity contribution < 1.29 is 10.2 Å². The zero-order valence-corrected chi connectivity index (χ0v) is 5.58. The Morgan fingerprint density at radius 3 is 2.44 bits per heavy atom. The summed E-state index contributed by atoms with van der Waals surface area (Å²) < 4.78 is 0. The van der Waals surface area contributed by atoms with Gasteiger partial charge in [-0.15, -0.1) is 0 Å². The van der Waals surface area contributed by atoms with Crippen LogP contribution in [0.4, 0.5) is 0 Å². The fourth-order valence-electron chi connectivity index (χ4n) is 0.610. The Bertz CT molecular complexity index is 59.0. The molecule has 0 saturated carbocycles. The van der Waals surface area contributed by atoms with Gasteiger partial charge in [-0.2, -0.15) is 0 Å². The maximum atomic E-state index is 8.88. The third-order valence-electron chi connectivity index (χ3n) is 1.22. The molecule has 0 heterocycles. The fourth-order valence-corrected chi connectivity index (χ4v) is 0.610. The maximum Gasteiger partial charge on any atom is 0.0662 e. The van der Waals surface area contributed by atoms with Gasteiger partial charge in [-0.1, -0.05) is 0 Å². The van der Waals surface area contributed by atoms with Crippen molar-refractivity contribution in [2.45, 2.75) is 25.4 Å². The van der Waals surface area contributed by atoms with Crippen LogP contribution < -0.4 is 5.73 Å². The van der Waals surface area contributed by atoms with Gasteiger partial charge in [0.2, 0.25) is 0 Å². The van der Waals surface area contributed by atoms with E-state index in [1.54, 1.807) is 0 Å². The molecule has 3 nitrogen and oxygen atoms in total. The van der Waals surface area contributed by atoms with Gasteiger partial charge in [0.15, 0.2) is 0 Å². The molecule has 1 atom stereocenters. The van der Waals surface area contributed by atoms with E-state index in [1.165, 1.54) is 0 Å². The zero-order valence-electron chi connectivity index (χ0n) is 5.58. The fraction of sp³-hybridized carbons (Fsp3) is 1.00. The first kappa shape index (κ1) is 8.88. The normalized spacial score (nSPS) is 13.7. The van der Waals surface area contributed by atoms with E-state index in [9.17, 15) is 0 Å². The molecule has 0 saturated heterocycles. The van der Waals surface area contributed by atoms with Crippen molar-refractivity contribution in [2.75, 3.05) is 13.2 Å². The van der Waals surface area contributed by atoms with E-state index in [4.69, 9.17) is 15.9 Å². The molecule has 9 heavy (non-hydrogen) atoms. The Kier molecular flexibility index (Phi) is 5.93. The largest absolute Gasteiger partial charge is 0.396 e. The quantitative estimate of drug-likeness (QED) is 0.442. The second kappa shape index (κ2) is 6.01. The summed E-state index contributed by atoms with van der Waals surface area (Å²) in [5.41, 5.74) is 5.14. The first-order chi connectivity index (χ1) is 4.31. The van der Waals surface area contributed by atoms with Crippen LogP contribution in [0.1, 0.15) is 19.3 Å². The van der Waals surface area contributed by atoms with E-state index in [2.05, 4.69) is 0 Å².